The molecule has 2 aromatic carbocycles. The second-order valence-electron chi connectivity index (χ2n) is 5.35. The van der Waals surface area contributed by atoms with Gasteiger partial charge in [-0.05, 0) is 41.5 Å². The molecular weight excluding hydrogens is 322 g/mol. The van der Waals surface area contributed by atoms with Crippen molar-refractivity contribution in [2.24, 2.45) is 0 Å². The number of benzene rings is 2. The van der Waals surface area contributed by atoms with E-state index in [2.05, 4.69) is 10.1 Å². The minimum Gasteiger partial charge on any atom is -0.465 e. The molecule has 1 aliphatic heterocycles. The minimum atomic E-state index is -0.387. The Balaban J connectivity index is 1.53. The van der Waals surface area contributed by atoms with Crippen molar-refractivity contribution in [2.45, 2.75) is 6.54 Å². The first kappa shape index (κ1) is 16.6. The highest BCUT2D eigenvalue weighted by Gasteiger charge is 2.12. The predicted molar refractivity (Wildman–Crippen MR) is 91.2 cm³/mol. The molecule has 0 atom stereocenters. The van der Waals surface area contributed by atoms with Crippen molar-refractivity contribution in [1.29, 1.82) is 0 Å². The molecule has 0 saturated heterocycles. The summed E-state index contributed by atoms with van der Waals surface area (Å²) in [7, 11) is 1.34. The predicted octanol–water partition coefficient (Wildman–Crippen LogP) is 2.53. The lowest BCUT2D eigenvalue weighted by atomic mass is 10.1. The molecule has 1 N–H and O–H groups in total. The number of methoxy groups -OCH3 is 1. The summed E-state index contributed by atoms with van der Waals surface area (Å²) in [5.41, 5.74) is 2.21. The summed E-state index contributed by atoms with van der Waals surface area (Å²) >= 11 is 0. The van der Waals surface area contributed by atoms with E-state index in [9.17, 15) is 9.59 Å². The second kappa shape index (κ2) is 7.53. The maximum absolute atomic E-state index is 11.9. The Kier molecular flexibility index (Phi) is 4.99. The third kappa shape index (κ3) is 4.17. The highest BCUT2D eigenvalue weighted by atomic mass is 16.7. The molecule has 0 unspecified atom stereocenters. The van der Waals surface area contributed by atoms with Crippen LogP contribution < -0.4 is 14.8 Å². The van der Waals surface area contributed by atoms with E-state index < -0.39 is 0 Å². The number of hydrogen-bond donors (Lipinski definition) is 1. The van der Waals surface area contributed by atoms with E-state index >= 15 is 0 Å². The molecule has 3 rings (SSSR count). The monoisotopic (exact) mass is 339 g/mol. The van der Waals surface area contributed by atoms with Gasteiger partial charge in [0, 0.05) is 12.6 Å². The Morgan fingerprint density at radius 3 is 2.64 bits per heavy atom. The number of amides is 1. The molecule has 0 spiro atoms. The summed E-state index contributed by atoms with van der Waals surface area (Å²) in [5.74, 6) is 0.780. The summed E-state index contributed by atoms with van der Waals surface area (Å²) in [6.45, 7) is 0.587. The van der Waals surface area contributed by atoms with Gasteiger partial charge in [-0.15, -0.1) is 0 Å². The average molecular weight is 339 g/mol. The molecule has 6 heteroatoms. The summed E-state index contributed by atoms with van der Waals surface area (Å²) in [6, 6.07) is 12.3. The van der Waals surface area contributed by atoms with Gasteiger partial charge in [0.05, 0.1) is 12.7 Å². The second-order valence-corrected chi connectivity index (χ2v) is 5.35. The number of carbonyl (C=O) groups excluding carboxylic acids is 2. The van der Waals surface area contributed by atoms with E-state index in [4.69, 9.17) is 9.47 Å². The number of rotatable bonds is 5. The first-order valence-corrected chi connectivity index (χ1v) is 7.68. The largest absolute Gasteiger partial charge is 0.465 e. The molecule has 0 fully saturated rings. The Morgan fingerprint density at radius 2 is 1.88 bits per heavy atom. The molecule has 128 valence electrons. The molecule has 1 amide bonds. The van der Waals surface area contributed by atoms with Crippen LogP contribution in [0, 0.1) is 0 Å². The molecule has 0 bridgehead atoms. The van der Waals surface area contributed by atoms with Gasteiger partial charge in [-0.25, -0.2) is 4.79 Å². The fourth-order valence-electron chi connectivity index (χ4n) is 2.31. The van der Waals surface area contributed by atoms with Crippen molar-refractivity contribution in [1.82, 2.24) is 5.32 Å². The molecule has 0 aromatic heterocycles. The molecule has 0 saturated carbocycles. The number of nitrogens with one attached hydrogen (secondary N) is 1. The van der Waals surface area contributed by atoms with Crippen LogP contribution in [0.15, 0.2) is 48.5 Å². The smallest absolute Gasteiger partial charge is 0.337 e. The van der Waals surface area contributed by atoms with E-state index in [0.717, 1.165) is 11.1 Å². The number of fused-ring (bicyclic) bond motifs is 1. The number of carbonyl (C=O) groups is 2. The number of hydrogen-bond acceptors (Lipinski definition) is 5. The van der Waals surface area contributed by atoms with Gasteiger partial charge < -0.3 is 19.5 Å². The van der Waals surface area contributed by atoms with Gasteiger partial charge in [0.15, 0.2) is 11.5 Å². The van der Waals surface area contributed by atoms with Crippen LogP contribution in [0.25, 0.3) is 6.08 Å². The minimum absolute atomic E-state index is 0.213. The first-order chi connectivity index (χ1) is 12.2. The molecule has 0 aliphatic carbocycles. The quantitative estimate of drug-likeness (QED) is 0.669. The topological polar surface area (TPSA) is 73.9 Å². The first-order valence-electron chi connectivity index (χ1n) is 7.68. The summed E-state index contributed by atoms with van der Waals surface area (Å²) < 4.78 is 15.2. The van der Waals surface area contributed by atoms with Crippen molar-refractivity contribution >= 4 is 18.0 Å². The fourth-order valence-corrected chi connectivity index (χ4v) is 2.31. The van der Waals surface area contributed by atoms with Crippen LogP contribution in [-0.2, 0) is 16.1 Å². The summed E-state index contributed by atoms with van der Waals surface area (Å²) in [6.07, 6.45) is 3.16. The fraction of sp³-hybridized carbons (Fsp3) is 0.158. The van der Waals surface area contributed by atoms with E-state index in [0.29, 0.717) is 23.6 Å². The van der Waals surface area contributed by atoms with Gasteiger partial charge in [0.2, 0.25) is 12.7 Å². The molecule has 6 nitrogen and oxygen atoms in total. The van der Waals surface area contributed by atoms with Crippen molar-refractivity contribution in [3.63, 3.8) is 0 Å². The van der Waals surface area contributed by atoms with Gasteiger partial charge >= 0.3 is 5.97 Å². The molecule has 1 heterocycles. The molecule has 0 radical (unpaired) electrons. The van der Waals surface area contributed by atoms with Crippen LogP contribution >= 0.6 is 0 Å². The Hall–Kier alpha value is -3.28. The van der Waals surface area contributed by atoms with Crippen LogP contribution in [0.1, 0.15) is 21.5 Å². The standard InChI is InChI=1S/C19H17NO5/c1-23-19(22)15-6-2-14(3-7-15)11-20-18(21)9-5-13-4-8-16-17(10-13)25-12-24-16/h2-10H,11-12H2,1H3,(H,20,21). The van der Waals surface area contributed by atoms with Crippen LogP contribution in [0.5, 0.6) is 11.5 Å². The molecule has 1 aliphatic rings. The highest BCUT2D eigenvalue weighted by molar-refractivity contribution is 5.92. The summed E-state index contributed by atoms with van der Waals surface area (Å²) in [5, 5.41) is 2.79. The zero-order valence-corrected chi connectivity index (χ0v) is 13.7. The van der Waals surface area contributed by atoms with Crippen LogP contribution in [0.3, 0.4) is 0 Å². The van der Waals surface area contributed by atoms with E-state index in [1.54, 1.807) is 30.3 Å². The SMILES string of the molecule is COC(=O)c1ccc(CNC(=O)C=Cc2ccc3c(c2)OCO3)cc1. The molecule has 25 heavy (non-hydrogen) atoms. The zero-order chi connectivity index (χ0) is 17.6. The van der Waals surface area contributed by atoms with Crippen molar-refractivity contribution < 1.29 is 23.8 Å². The van der Waals surface area contributed by atoms with Crippen LogP contribution in [0.4, 0.5) is 0 Å². The maximum Gasteiger partial charge on any atom is 0.337 e. The number of esters is 1. The Bertz CT molecular complexity index is 811. The number of ether oxygens (including phenoxy) is 3. The maximum atomic E-state index is 11.9. The van der Waals surface area contributed by atoms with E-state index in [1.807, 2.05) is 18.2 Å². The van der Waals surface area contributed by atoms with Gasteiger partial charge in [-0.3, -0.25) is 4.79 Å². The van der Waals surface area contributed by atoms with Crippen molar-refractivity contribution in [3.05, 3.63) is 65.2 Å². The van der Waals surface area contributed by atoms with E-state index in [-0.39, 0.29) is 18.7 Å². The van der Waals surface area contributed by atoms with Crippen molar-refractivity contribution in [2.75, 3.05) is 13.9 Å². The zero-order valence-electron chi connectivity index (χ0n) is 13.7. The lowest BCUT2D eigenvalue weighted by Gasteiger charge is -2.04. The molecular formula is C19H17NO5. The Morgan fingerprint density at radius 1 is 1.12 bits per heavy atom. The van der Waals surface area contributed by atoms with Gasteiger partial charge in [-0.2, -0.15) is 0 Å². The van der Waals surface area contributed by atoms with Gasteiger partial charge in [0.1, 0.15) is 0 Å². The third-order valence-electron chi connectivity index (χ3n) is 3.67. The average Bonchev–Trinajstić information content (AvgIpc) is 3.12. The van der Waals surface area contributed by atoms with Crippen LogP contribution in [-0.4, -0.2) is 25.8 Å². The van der Waals surface area contributed by atoms with E-state index in [1.165, 1.54) is 13.2 Å². The lowest BCUT2D eigenvalue weighted by Crippen LogP contribution is -2.20. The highest BCUT2D eigenvalue weighted by Crippen LogP contribution is 2.32. The third-order valence-corrected chi connectivity index (χ3v) is 3.67. The van der Waals surface area contributed by atoms with Crippen LogP contribution in [0.2, 0.25) is 0 Å². The van der Waals surface area contributed by atoms with Crippen molar-refractivity contribution in [3.8, 4) is 11.5 Å². The van der Waals surface area contributed by atoms with Gasteiger partial charge in [-0.1, -0.05) is 18.2 Å². The molecule has 2 aromatic rings. The normalized spacial score (nSPS) is 12.2. The summed E-state index contributed by atoms with van der Waals surface area (Å²) in [4.78, 5) is 23.3. The Labute approximate surface area is 145 Å². The van der Waals surface area contributed by atoms with Gasteiger partial charge in [0.25, 0.3) is 0 Å². The lowest BCUT2D eigenvalue weighted by molar-refractivity contribution is -0.116.